The Kier molecular flexibility index (Phi) is 3.37. The van der Waals surface area contributed by atoms with E-state index in [0.717, 1.165) is 0 Å². The second-order valence-electron chi connectivity index (χ2n) is 3.52. The fourth-order valence-corrected chi connectivity index (χ4v) is 1.47. The van der Waals surface area contributed by atoms with E-state index in [-0.39, 0.29) is 12.4 Å². The van der Waals surface area contributed by atoms with Gasteiger partial charge in [-0.3, -0.25) is 0 Å². The third-order valence-corrected chi connectivity index (χ3v) is 2.33. The first-order chi connectivity index (χ1) is 8.29. The van der Waals surface area contributed by atoms with Crippen molar-refractivity contribution in [3.8, 4) is 11.8 Å². The predicted molar refractivity (Wildman–Crippen MR) is 61.9 cm³/mol. The SMILES string of the molecule is N#Cc1ccc(F)cc1COc1ccccc1. The summed E-state index contributed by atoms with van der Waals surface area (Å²) in [6, 6.07) is 15.3. The predicted octanol–water partition coefficient (Wildman–Crippen LogP) is 3.28. The van der Waals surface area contributed by atoms with Crippen LogP contribution in [0.15, 0.2) is 48.5 Å². The molecule has 2 nitrogen and oxygen atoms in total. The summed E-state index contributed by atoms with van der Waals surface area (Å²) in [5.41, 5.74) is 0.985. The maximum Gasteiger partial charge on any atom is 0.123 e. The Balaban J connectivity index is 2.14. The van der Waals surface area contributed by atoms with E-state index < -0.39 is 0 Å². The molecular weight excluding hydrogens is 217 g/mol. The number of hydrogen-bond donors (Lipinski definition) is 0. The second kappa shape index (κ2) is 5.13. The molecule has 0 aliphatic rings. The second-order valence-corrected chi connectivity index (χ2v) is 3.52. The van der Waals surface area contributed by atoms with Gasteiger partial charge in [-0.1, -0.05) is 18.2 Å². The largest absolute Gasteiger partial charge is 0.489 e. The van der Waals surface area contributed by atoms with Gasteiger partial charge in [-0.25, -0.2) is 4.39 Å². The summed E-state index contributed by atoms with van der Waals surface area (Å²) in [4.78, 5) is 0. The average molecular weight is 227 g/mol. The van der Waals surface area contributed by atoms with E-state index in [1.165, 1.54) is 18.2 Å². The van der Waals surface area contributed by atoms with Crippen molar-refractivity contribution >= 4 is 0 Å². The van der Waals surface area contributed by atoms with Crippen molar-refractivity contribution in [3.05, 3.63) is 65.5 Å². The number of rotatable bonds is 3. The van der Waals surface area contributed by atoms with Crippen LogP contribution in [0.5, 0.6) is 5.75 Å². The summed E-state index contributed by atoms with van der Waals surface area (Å²) in [7, 11) is 0. The number of nitrogens with zero attached hydrogens (tertiary/aromatic N) is 1. The van der Waals surface area contributed by atoms with Crippen LogP contribution in [-0.2, 0) is 6.61 Å². The summed E-state index contributed by atoms with van der Waals surface area (Å²) in [6.45, 7) is 0.185. The molecule has 17 heavy (non-hydrogen) atoms. The molecule has 0 unspecified atom stereocenters. The molecule has 0 atom stereocenters. The van der Waals surface area contributed by atoms with Crippen molar-refractivity contribution in [2.24, 2.45) is 0 Å². The Morgan fingerprint density at radius 2 is 1.88 bits per heavy atom. The lowest BCUT2D eigenvalue weighted by Crippen LogP contribution is -1.99. The maximum absolute atomic E-state index is 13.0. The van der Waals surface area contributed by atoms with E-state index >= 15 is 0 Å². The van der Waals surface area contributed by atoms with Crippen molar-refractivity contribution in [2.45, 2.75) is 6.61 Å². The number of hydrogen-bond acceptors (Lipinski definition) is 2. The zero-order valence-corrected chi connectivity index (χ0v) is 9.06. The highest BCUT2D eigenvalue weighted by atomic mass is 19.1. The van der Waals surface area contributed by atoms with Crippen molar-refractivity contribution in [1.82, 2.24) is 0 Å². The average Bonchev–Trinajstić information content (AvgIpc) is 2.38. The fraction of sp³-hybridized carbons (Fsp3) is 0.0714. The van der Waals surface area contributed by atoms with Crippen molar-refractivity contribution in [1.29, 1.82) is 5.26 Å². The summed E-state index contributed by atoms with van der Waals surface area (Å²) < 4.78 is 18.5. The maximum atomic E-state index is 13.0. The van der Waals surface area contributed by atoms with Crippen LogP contribution in [0, 0.1) is 17.1 Å². The van der Waals surface area contributed by atoms with Gasteiger partial charge in [-0.2, -0.15) is 5.26 Å². The number of ether oxygens (including phenoxy) is 1. The van der Waals surface area contributed by atoms with Crippen LogP contribution in [0.1, 0.15) is 11.1 Å². The lowest BCUT2D eigenvalue weighted by atomic mass is 10.1. The summed E-state index contributed by atoms with van der Waals surface area (Å²) >= 11 is 0. The van der Waals surface area contributed by atoms with Crippen LogP contribution in [0.2, 0.25) is 0 Å². The van der Waals surface area contributed by atoms with Gasteiger partial charge in [-0.15, -0.1) is 0 Å². The zero-order chi connectivity index (χ0) is 12.1. The standard InChI is InChI=1S/C14H10FNO/c15-13-7-6-11(9-16)12(8-13)10-17-14-4-2-1-3-5-14/h1-8H,10H2. The van der Waals surface area contributed by atoms with Gasteiger partial charge in [-0.05, 0) is 30.3 Å². The van der Waals surface area contributed by atoms with Gasteiger partial charge in [0.2, 0.25) is 0 Å². The highest BCUT2D eigenvalue weighted by Crippen LogP contribution is 2.15. The molecule has 0 saturated carbocycles. The highest BCUT2D eigenvalue weighted by Gasteiger charge is 2.04. The number of halogens is 1. The molecule has 0 fully saturated rings. The molecule has 0 spiro atoms. The van der Waals surface area contributed by atoms with E-state index in [1.807, 2.05) is 36.4 Å². The molecule has 0 saturated heterocycles. The molecular formula is C14H10FNO. The van der Waals surface area contributed by atoms with E-state index in [2.05, 4.69) is 0 Å². The van der Waals surface area contributed by atoms with Crippen molar-refractivity contribution in [2.75, 3.05) is 0 Å². The topological polar surface area (TPSA) is 33.0 Å². The Morgan fingerprint density at radius 3 is 2.59 bits per heavy atom. The Morgan fingerprint density at radius 1 is 1.12 bits per heavy atom. The Bertz CT molecular complexity index is 546. The molecule has 0 aliphatic heterocycles. The fourth-order valence-electron chi connectivity index (χ4n) is 1.47. The lowest BCUT2D eigenvalue weighted by Gasteiger charge is -2.07. The molecule has 0 radical (unpaired) electrons. The molecule has 3 heteroatoms. The monoisotopic (exact) mass is 227 g/mol. The summed E-state index contributed by atoms with van der Waals surface area (Å²) in [6.07, 6.45) is 0. The van der Waals surface area contributed by atoms with E-state index in [0.29, 0.717) is 16.9 Å². The first-order valence-corrected chi connectivity index (χ1v) is 5.16. The molecule has 0 N–H and O–H groups in total. The highest BCUT2D eigenvalue weighted by molar-refractivity contribution is 5.37. The van der Waals surface area contributed by atoms with Crippen LogP contribution in [0.3, 0.4) is 0 Å². The third-order valence-electron chi connectivity index (χ3n) is 2.33. The van der Waals surface area contributed by atoms with Gasteiger partial charge >= 0.3 is 0 Å². The van der Waals surface area contributed by atoms with E-state index in [4.69, 9.17) is 10.00 Å². The minimum absolute atomic E-state index is 0.185. The van der Waals surface area contributed by atoms with Crippen LogP contribution in [0.4, 0.5) is 4.39 Å². The minimum Gasteiger partial charge on any atom is -0.489 e. The summed E-state index contributed by atoms with van der Waals surface area (Å²) in [5, 5.41) is 8.88. The van der Waals surface area contributed by atoms with Crippen LogP contribution in [0.25, 0.3) is 0 Å². The van der Waals surface area contributed by atoms with Gasteiger partial charge in [0.25, 0.3) is 0 Å². The Labute approximate surface area is 98.9 Å². The smallest absolute Gasteiger partial charge is 0.123 e. The zero-order valence-electron chi connectivity index (χ0n) is 9.06. The molecule has 0 bridgehead atoms. The molecule has 0 aromatic heterocycles. The van der Waals surface area contributed by atoms with E-state index in [9.17, 15) is 4.39 Å². The van der Waals surface area contributed by atoms with E-state index in [1.54, 1.807) is 0 Å². The normalized spacial score (nSPS) is 9.65. The quantitative estimate of drug-likeness (QED) is 0.806. The molecule has 2 rings (SSSR count). The van der Waals surface area contributed by atoms with Crippen LogP contribution in [-0.4, -0.2) is 0 Å². The van der Waals surface area contributed by atoms with Crippen molar-refractivity contribution in [3.63, 3.8) is 0 Å². The third kappa shape index (κ3) is 2.82. The lowest BCUT2D eigenvalue weighted by molar-refractivity contribution is 0.305. The van der Waals surface area contributed by atoms with Gasteiger partial charge in [0.15, 0.2) is 0 Å². The van der Waals surface area contributed by atoms with Gasteiger partial charge in [0, 0.05) is 5.56 Å². The van der Waals surface area contributed by atoms with Crippen LogP contribution >= 0.6 is 0 Å². The number of nitriles is 1. The van der Waals surface area contributed by atoms with Crippen LogP contribution < -0.4 is 4.74 Å². The minimum atomic E-state index is -0.365. The first kappa shape index (κ1) is 11.2. The molecule has 2 aromatic rings. The van der Waals surface area contributed by atoms with Gasteiger partial charge in [0.05, 0.1) is 11.6 Å². The molecule has 0 heterocycles. The van der Waals surface area contributed by atoms with Gasteiger partial charge in [0.1, 0.15) is 18.2 Å². The molecule has 0 aliphatic carbocycles. The number of benzene rings is 2. The molecule has 84 valence electrons. The molecule has 2 aromatic carbocycles. The number of para-hydroxylation sites is 1. The van der Waals surface area contributed by atoms with Crippen molar-refractivity contribution < 1.29 is 9.13 Å². The molecule has 0 amide bonds. The summed E-state index contributed by atoms with van der Waals surface area (Å²) in [5.74, 6) is 0.330. The Hall–Kier alpha value is -2.34. The first-order valence-electron chi connectivity index (χ1n) is 5.16. The van der Waals surface area contributed by atoms with Gasteiger partial charge < -0.3 is 4.74 Å².